The Morgan fingerprint density at radius 2 is 1.21 bits per heavy atom. The van der Waals surface area contributed by atoms with Crippen LogP contribution in [-0.4, -0.2) is 8.07 Å². The Balaban J connectivity index is 0. The van der Waals surface area contributed by atoms with Gasteiger partial charge in [-0.1, -0.05) is 0 Å². The number of rotatable bonds is 2. The minimum atomic E-state index is -1.66. The summed E-state index contributed by atoms with van der Waals surface area (Å²) in [5.74, 6) is 0. The molecule has 0 spiro atoms. The van der Waals surface area contributed by atoms with Crippen molar-refractivity contribution >= 4 is 13.3 Å². The van der Waals surface area contributed by atoms with Crippen molar-refractivity contribution in [1.29, 1.82) is 0 Å². The van der Waals surface area contributed by atoms with Crippen LogP contribution in [0.2, 0.25) is 18.1 Å². The average Bonchev–Trinajstić information content (AvgIpc) is 2.54. The Morgan fingerprint density at radius 3 is 1.54 bits per heavy atom. The van der Waals surface area contributed by atoms with E-state index in [2.05, 4.69) is 93.3 Å². The predicted octanol–water partition coefficient (Wildman–Crippen LogP) is -3.84. The Kier molecular flexibility index (Phi) is 9.95. The molecule has 0 aliphatic heterocycles. The summed E-state index contributed by atoms with van der Waals surface area (Å²) in [6, 6.07) is 7.13. The van der Waals surface area contributed by atoms with Gasteiger partial charge in [-0.05, 0) is 0 Å². The molecule has 1 aromatic rings. The number of allylic oxidation sites excluding steroid dienone is 4. The van der Waals surface area contributed by atoms with Gasteiger partial charge < -0.3 is 37.2 Å². The van der Waals surface area contributed by atoms with Crippen LogP contribution in [0.5, 0.6) is 0 Å². The summed E-state index contributed by atoms with van der Waals surface area (Å²) in [6.07, 6.45) is 0. The summed E-state index contributed by atoms with van der Waals surface area (Å²) in [7, 11) is -1.66. The third kappa shape index (κ3) is 3.92. The Labute approximate surface area is 179 Å². The first-order valence-electron chi connectivity index (χ1n) is 7.73. The minimum absolute atomic E-state index is 0. The molecule has 2 rings (SSSR count). The number of hydrogen-bond donors (Lipinski definition) is 0. The van der Waals surface area contributed by atoms with E-state index in [0.29, 0.717) is 0 Å². The summed E-state index contributed by atoms with van der Waals surface area (Å²) in [4.78, 5) is 0. The minimum Gasteiger partial charge on any atom is -1.00 e. The Hall–Kier alpha value is 0.501. The van der Waals surface area contributed by atoms with Crippen LogP contribution in [0, 0.1) is 13.8 Å². The SMILES string of the molecule is CC1=C(C)C(C)([Si](C)(C)c2cc(C)cc(C)c2)[C]([Ti+3])=C1C.[Cl-].[Cl-].[Cl-]. The normalized spacial score (nSPS) is 20.4. The second-order valence-electron chi connectivity index (χ2n) is 7.38. The third-order valence-corrected chi connectivity index (χ3v) is 12.6. The molecule has 5 heteroatoms. The molecule has 1 aliphatic carbocycles. The van der Waals surface area contributed by atoms with E-state index < -0.39 is 8.07 Å². The molecule has 0 heterocycles. The van der Waals surface area contributed by atoms with Crippen molar-refractivity contribution in [2.75, 3.05) is 0 Å². The van der Waals surface area contributed by atoms with E-state index in [-0.39, 0.29) is 42.3 Å². The predicted molar refractivity (Wildman–Crippen MR) is 92.5 cm³/mol. The molecule has 0 saturated carbocycles. The molecular weight excluding hydrogens is 411 g/mol. The number of benzene rings is 1. The van der Waals surface area contributed by atoms with E-state index in [1.54, 1.807) is 14.6 Å². The van der Waals surface area contributed by atoms with Gasteiger partial charge in [0.2, 0.25) is 0 Å². The Morgan fingerprint density at radius 1 is 0.792 bits per heavy atom. The molecule has 0 fully saturated rings. The van der Waals surface area contributed by atoms with Crippen molar-refractivity contribution in [2.45, 2.75) is 59.7 Å². The number of hydrogen-bond acceptors (Lipinski definition) is 0. The molecule has 1 aromatic carbocycles. The van der Waals surface area contributed by atoms with Crippen LogP contribution >= 0.6 is 0 Å². The van der Waals surface area contributed by atoms with E-state index in [0.717, 1.165) is 0 Å². The van der Waals surface area contributed by atoms with E-state index in [4.69, 9.17) is 0 Å². The van der Waals surface area contributed by atoms with Crippen molar-refractivity contribution in [3.05, 3.63) is 49.9 Å². The quantitative estimate of drug-likeness (QED) is 0.416. The van der Waals surface area contributed by atoms with Gasteiger partial charge >= 0.3 is 143 Å². The van der Waals surface area contributed by atoms with Gasteiger partial charge in [0.15, 0.2) is 0 Å². The smallest absolute Gasteiger partial charge is 1.00 e. The molecule has 0 N–H and O–H groups in total. The standard InChI is InChI=1S/C19H27Si.3ClH.Ti/c1-13-9-14(2)11-18(10-13)20(7,8)19(6)12-15(3)16(4)17(19)5;;;;/h9-11H,1-8H3;3*1H;/q;;;;+3/p-3. The van der Waals surface area contributed by atoms with Crippen LogP contribution in [-0.2, 0) is 20.4 Å². The van der Waals surface area contributed by atoms with Crippen molar-refractivity contribution in [1.82, 2.24) is 0 Å². The summed E-state index contributed by atoms with van der Waals surface area (Å²) in [6.45, 7) is 19.0. The first-order valence-corrected chi connectivity index (χ1v) is 11.5. The molecule has 1 aliphatic rings. The zero-order valence-electron chi connectivity index (χ0n) is 15.9. The van der Waals surface area contributed by atoms with Crippen LogP contribution in [0.1, 0.15) is 38.8 Å². The van der Waals surface area contributed by atoms with Crippen LogP contribution in [0.15, 0.2) is 38.8 Å². The number of halogens is 3. The van der Waals surface area contributed by atoms with Gasteiger partial charge in [0.1, 0.15) is 0 Å². The summed E-state index contributed by atoms with van der Waals surface area (Å²) in [5.41, 5.74) is 7.40. The zero-order chi connectivity index (χ0) is 16.2. The van der Waals surface area contributed by atoms with Gasteiger partial charge in [-0.15, -0.1) is 0 Å². The van der Waals surface area contributed by atoms with Gasteiger partial charge in [0, 0.05) is 0 Å². The van der Waals surface area contributed by atoms with Crippen molar-refractivity contribution in [2.24, 2.45) is 0 Å². The molecule has 0 bridgehead atoms. The molecule has 0 radical (unpaired) electrons. The van der Waals surface area contributed by atoms with E-state index >= 15 is 0 Å². The van der Waals surface area contributed by atoms with E-state index in [1.165, 1.54) is 22.3 Å². The van der Waals surface area contributed by atoms with E-state index in [1.807, 2.05) is 0 Å². The molecule has 1 atom stereocenters. The average molecular weight is 438 g/mol. The summed E-state index contributed by atoms with van der Waals surface area (Å²) >= 11 is 2.35. The topological polar surface area (TPSA) is 0 Å². The fourth-order valence-corrected chi connectivity index (χ4v) is 9.55. The maximum absolute atomic E-state index is 2.54. The summed E-state index contributed by atoms with van der Waals surface area (Å²) < 4.78 is 1.59. The van der Waals surface area contributed by atoms with Crippen molar-refractivity contribution in [3.63, 3.8) is 0 Å². The second kappa shape index (κ2) is 8.93. The van der Waals surface area contributed by atoms with Crippen molar-refractivity contribution < 1.29 is 57.7 Å². The van der Waals surface area contributed by atoms with Crippen LogP contribution in [0.3, 0.4) is 0 Å². The molecule has 0 saturated heterocycles. The third-order valence-electron chi connectivity index (χ3n) is 5.94. The molecule has 0 amide bonds. The largest absolute Gasteiger partial charge is 1.00 e. The molecule has 24 heavy (non-hydrogen) atoms. The van der Waals surface area contributed by atoms with Crippen molar-refractivity contribution in [3.8, 4) is 0 Å². The first-order chi connectivity index (χ1) is 9.53. The van der Waals surface area contributed by atoms with Gasteiger partial charge in [-0.25, -0.2) is 0 Å². The van der Waals surface area contributed by atoms with Gasteiger partial charge in [0.25, 0.3) is 0 Å². The molecule has 0 aromatic heterocycles. The van der Waals surface area contributed by atoms with Gasteiger partial charge in [0.05, 0.1) is 0 Å². The fourth-order valence-electron chi connectivity index (χ4n) is 3.81. The van der Waals surface area contributed by atoms with E-state index in [9.17, 15) is 0 Å². The Bertz CT molecular complexity index is 631. The second-order valence-corrected chi connectivity index (χ2v) is 13.0. The fraction of sp³-hybridized carbons (Fsp3) is 0.474. The summed E-state index contributed by atoms with van der Waals surface area (Å²) in [5, 5.41) is 1.82. The van der Waals surface area contributed by atoms with Crippen LogP contribution in [0.25, 0.3) is 0 Å². The van der Waals surface area contributed by atoms with Crippen LogP contribution < -0.4 is 42.4 Å². The zero-order valence-corrected chi connectivity index (χ0v) is 20.7. The van der Waals surface area contributed by atoms with Crippen LogP contribution in [0.4, 0.5) is 0 Å². The monoisotopic (exact) mass is 436 g/mol. The number of aryl methyl sites for hydroxylation is 2. The first kappa shape index (κ1) is 26.7. The maximum atomic E-state index is 2.54. The molecule has 0 nitrogen and oxygen atoms in total. The molecule has 1 unspecified atom stereocenters. The van der Waals surface area contributed by atoms with Gasteiger partial charge in [-0.2, -0.15) is 0 Å². The van der Waals surface area contributed by atoms with Gasteiger partial charge in [-0.3, -0.25) is 0 Å². The molecular formula is C19H27Cl3SiTi. The maximum Gasteiger partial charge on any atom is -1.00 e. The molecule has 132 valence electrons.